The van der Waals surface area contributed by atoms with Crippen molar-refractivity contribution in [2.45, 2.75) is 26.3 Å². The number of hydrogen-bond donors (Lipinski definition) is 2. The summed E-state index contributed by atoms with van der Waals surface area (Å²) in [6.45, 7) is 2.62. The van der Waals surface area contributed by atoms with Gasteiger partial charge >= 0.3 is 0 Å². The molecule has 3 heteroatoms. The van der Waals surface area contributed by atoms with Crippen molar-refractivity contribution >= 4 is 16.8 Å². The number of nitrogens with one attached hydrogen (secondary N) is 2. The van der Waals surface area contributed by atoms with Crippen LogP contribution in [0.1, 0.15) is 23.2 Å². The molecule has 0 saturated carbocycles. The van der Waals surface area contributed by atoms with Crippen LogP contribution in [0.4, 0.5) is 0 Å². The molecule has 0 fully saturated rings. The molecule has 0 saturated heterocycles. The van der Waals surface area contributed by atoms with E-state index in [-0.39, 0.29) is 5.91 Å². The van der Waals surface area contributed by atoms with Crippen LogP contribution in [-0.2, 0) is 17.8 Å². The molecule has 0 bridgehead atoms. The van der Waals surface area contributed by atoms with Gasteiger partial charge in [-0.3, -0.25) is 4.79 Å². The summed E-state index contributed by atoms with van der Waals surface area (Å²) in [6, 6.07) is 18.5. The van der Waals surface area contributed by atoms with Gasteiger partial charge in [-0.2, -0.15) is 0 Å². The molecule has 3 nitrogen and oxygen atoms in total. The number of carbonyl (C=O) groups excluding carboxylic acids is 1. The van der Waals surface area contributed by atoms with Crippen molar-refractivity contribution in [1.29, 1.82) is 0 Å². The van der Waals surface area contributed by atoms with Gasteiger partial charge in [0.05, 0.1) is 0 Å². The molecular formula is C19H20N2O. The summed E-state index contributed by atoms with van der Waals surface area (Å²) in [5.74, 6) is 0.0919. The molecule has 0 aliphatic heterocycles. The summed E-state index contributed by atoms with van der Waals surface area (Å²) in [5.41, 5.74) is 4.61. The van der Waals surface area contributed by atoms with E-state index < -0.39 is 0 Å². The molecule has 2 aromatic carbocycles. The second kappa shape index (κ2) is 6.48. The highest BCUT2D eigenvalue weighted by Gasteiger charge is 2.04. The number of aryl methyl sites for hydroxylation is 2. The molecule has 0 spiro atoms. The third-order valence-electron chi connectivity index (χ3n) is 3.79. The van der Waals surface area contributed by atoms with Crippen LogP contribution in [0, 0.1) is 6.92 Å². The topological polar surface area (TPSA) is 44.9 Å². The van der Waals surface area contributed by atoms with Gasteiger partial charge in [-0.15, -0.1) is 0 Å². The summed E-state index contributed by atoms with van der Waals surface area (Å²) < 4.78 is 0. The van der Waals surface area contributed by atoms with Crippen LogP contribution in [0.25, 0.3) is 10.9 Å². The fourth-order valence-corrected chi connectivity index (χ4v) is 2.63. The number of rotatable bonds is 5. The number of aromatic amines is 1. The highest BCUT2D eigenvalue weighted by Crippen LogP contribution is 2.16. The summed E-state index contributed by atoms with van der Waals surface area (Å²) >= 11 is 0. The number of benzene rings is 2. The maximum atomic E-state index is 11.9. The van der Waals surface area contributed by atoms with E-state index in [1.165, 1.54) is 10.9 Å². The Kier molecular flexibility index (Phi) is 4.24. The van der Waals surface area contributed by atoms with Crippen molar-refractivity contribution in [2.75, 3.05) is 0 Å². The van der Waals surface area contributed by atoms with Crippen molar-refractivity contribution in [2.24, 2.45) is 0 Å². The lowest BCUT2D eigenvalue weighted by Crippen LogP contribution is -2.22. The second-order valence-electron chi connectivity index (χ2n) is 5.64. The first-order valence-corrected chi connectivity index (χ1v) is 7.59. The van der Waals surface area contributed by atoms with Gasteiger partial charge in [-0.25, -0.2) is 0 Å². The maximum Gasteiger partial charge on any atom is 0.220 e. The Morgan fingerprint density at radius 1 is 1.05 bits per heavy atom. The molecule has 0 aliphatic rings. The molecule has 2 N–H and O–H groups in total. The quantitative estimate of drug-likeness (QED) is 0.739. The predicted molar refractivity (Wildman–Crippen MR) is 89.6 cm³/mol. The van der Waals surface area contributed by atoms with Crippen LogP contribution in [0.2, 0.25) is 0 Å². The molecule has 0 radical (unpaired) electrons. The fraction of sp³-hybridized carbons (Fsp3) is 0.211. The minimum atomic E-state index is 0.0919. The summed E-state index contributed by atoms with van der Waals surface area (Å²) in [7, 11) is 0. The largest absolute Gasteiger partial charge is 0.359 e. The molecule has 1 amide bonds. The normalized spacial score (nSPS) is 10.8. The van der Waals surface area contributed by atoms with Crippen molar-refractivity contribution in [3.63, 3.8) is 0 Å². The molecule has 1 aromatic heterocycles. The van der Waals surface area contributed by atoms with Gasteiger partial charge in [0.15, 0.2) is 0 Å². The van der Waals surface area contributed by atoms with Crippen LogP contribution in [0.5, 0.6) is 0 Å². The van der Waals surface area contributed by atoms with Gasteiger partial charge in [0.25, 0.3) is 0 Å². The molecule has 0 unspecified atom stereocenters. The molecular weight excluding hydrogens is 272 g/mol. The first kappa shape index (κ1) is 14.4. The average molecular weight is 292 g/mol. The monoisotopic (exact) mass is 292 g/mol. The van der Waals surface area contributed by atoms with Crippen LogP contribution in [0.3, 0.4) is 0 Å². The van der Waals surface area contributed by atoms with E-state index in [0.717, 1.165) is 23.2 Å². The third-order valence-corrected chi connectivity index (χ3v) is 3.79. The smallest absolute Gasteiger partial charge is 0.220 e. The third kappa shape index (κ3) is 3.55. The minimum absolute atomic E-state index is 0.0919. The van der Waals surface area contributed by atoms with Crippen molar-refractivity contribution < 1.29 is 4.79 Å². The maximum absolute atomic E-state index is 11.9. The van der Waals surface area contributed by atoms with E-state index in [2.05, 4.69) is 46.7 Å². The Labute approximate surface area is 130 Å². The minimum Gasteiger partial charge on any atom is -0.359 e. The zero-order valence-electron chi connectivity index (χ0n) is 12.7. The molecule has 22 heavy (non-hydrogen) atoms. The van der Waals surface area contributed by atoms with E-state index in [9.17, 15) is 4.79 Å². The number of fused-ring (bicyclic) bond motifs is 1. The fourth-order valence-electron chi connectivity index (χ4n) is 2.63. The van der Waals surface area contributed by atoms with Crippen molar-refractivity contribution in [3.8, 4) is 0 Å². The first-order valence-electron chi connectivity index (χ1n) is 7.59. The second-order valence-corrected chi connectivity index (χ2v) is 5.64. The van der Waals surface area contributed by atoms with Crippen molar-refractivity contribution in [3.05, 3.63) is 71.4 Å². The Morgan fingerprint density at radius 3 is 2.68 bits per heavy atom. The van der Waals surface area contributed by atoms with Gasteiger partial charge < -0.3 is 10.3 Å². The zero-order chi connectivity index (χ0) is 15.4. The molecule has 3 rings (SSSR count). The van der Waals surface area contributed by atoms with E-state index in [0.29, 0.717) is 13.0 Å². The summed E-state index contributed by atoms with van der Waals surface area (Å²) in [4.78, 5) is 15.2. The molecule has 0 atom stereocenters. The molecule has 3 aromatic rings. The predicted octanol–water partition coefficient (Wildman–Crippen LogP) is 3.73. The summed E-state index contributed by atoms with van der Waals surface area (Å²) in [5, 5.41) is 4.18. The van der Waals surface area contributed by atoms with Crippen LogP contribution >= 0.6 is 0 Å². The van der Waals surface area contributed by atoms with E-state index in [1.54, 1.807) is 0 Å². The van der Waals surface area contributed by atoms with Crippen molar-refractivity contribution in [1.82, 2.24) is 10.3 Å². The Balaban J connectivity index is 1.53. The molecule has 112 valence electrons. The molecule has 0 aliphatic carbocycles. The highest BCUT2D eigenvalue weighted by molar-refractivity contribution is 5.81. The Morgan fingerprint density at radius 2 is 1.86 bits per heavy atom. The number of carbonyl (C=O) groups is 1. The average Bonchev–Trinajstić information content (AvgIpc) is 2.91. The van der Waals surface area contributed by atoms with Gasteiger partial charge in [0, 0.05) is 24.2 Å². The van der Waals surface area contributed by atoms with E-state index in [4.69, 9.17) is 0 Å². The van der Waals surface area contributed by atoms with Gasteiger partial charge in [-0.1, -0.05) is 36.4 Å². The zero-order valence-corrected chi connectivity index (χ0v) is 12.7. The van der Waals surface area contributed by atoms with E-state index >= 15 is 0 Å². The highest BCUT2D eigenvalue weighted by atomic mass is 16.1. The van der Waals surface area contributed by atoms with E-state index in [1.807, 2.05) is 25.1 Å². The summed E-state index contributed by atoms with van der Waals surface area (Å²) in [6.07, 6.45) is 1.30. The van der Waals surface area contributed by atoms with Gasteiger partial charge in [0.2, 0.25) is 5.91 Å². The lowest BCUT2D eigenvalue weighted by Gasteiger charge is -2.06. The van der Waals surface area contributed by atoms with Gasteiger partial charge in [0.1, 0.15) is 0 Å². The standard InChI is InChI=1S/C19H20N2O/c1-14-11-17-12-16(7-9-18(17)21-14)13-20-19(22)10-8-15-5-3-2-4-6-15/h2-7,9,11-12,21H,8,10,13H2,1H3,(H,20,22). The van der Waals surface area contributed by atoms with Crippen LogP contribution in [0.15, 0.2) is 54.6 Å². The SMILES string of the molecule is Cc1cc2cc(CNC(=O)CCc3ccccc3)ccc2[nH]1. The van der Waals surface area contributed by atoms with Crippen LogP contribution < -0.4 is 5.32 Å². The number of aromatic nitrogens is 1. The lowest BCUT2D eigenvalue weighted by molar-refractivity contribution is -0.121. The lowest BCUT2D eigenvalue weighted by atomic mass is 10.1. The number of hydrogen-bond acceptors (Lipinski definition) is 1. The number of amides is 1. The number of H-pyrrole nitrogens is 1. The first-order chi connectivity index (χ1) is 10.7. The Hall–Kier alpha value is -2.55. The Bertz CT molecular complexity index is 774. The van der Waals surface area contributed by atoms with Gasteiger partial charge in [-0.05, 0) is 48.1 Å². The van der Waals surface area contributed by atoms with Crippen LogP contribution in [-0.4, -0.2) is 10.9 Å². The molecule has 1 heterocycles.